The van der Waals surface area contributed by atoms with Crippen LogP contribution in [0.4, 0.5) is 5.69 Å². The lowest BCUT2D eigenvalue weighted by molar-refractivity contribution is 0.0958. The largest absolute Gasteiger partial charge is 0.495 e. The molecule has 80 valence electrons. The minimum Gasteiger partial charge on any atom is -0.495 e. The molecule has 0 aliphatic carbocycles. The van der Waals surface area contributed by atoms with E-state index in [1.807, 2.05) is 0 Å². The van der Waals surface area contributed by atoms with Gasteiger partial charge in [-0.25, -0.2) is 0 Å². The van der Waals surface area contributed by atoms with E-state index in [0.29, 0.717) is 23.5 Å². The van der Waals surface area contributed by atoms with Gasteiger partial charge in [0.1, 0.15) is 5.75 Å². The fourth-order valence-electron chi connectivity index (χ4n) is 1.18. The number of anilines is 1. The number of carbonyl (C=O) groups is 1. The SMILES string of the molecule is C=CCNC(=O)c1cccc(OC)c1N. The monoisotopic (exact) mass is 206 g/mol. The average molecular weight is 206 g/mol. The van der Waals surface area contributed by atoms with E-state index in [0.717, 1.165) is 0 Å². The highest BCUT2D eigenvalue weighted by Gasteiger charge is 2.11. The van der Waals surface area contributed by atoms with E-state index >= 15 is 0 Å². The maximum absolute atomic E-state index is 11.6. The Labute approximate surface area is 88.7 Å². The molecule has 4 nitrogen and oxygen atoms in total. The minimum atomic E-state index is -0.230. The summed E-state index contributed by atoms with van der Waals surface area (Å²) >= 11 is 0. The molecular weight excluding hydrogens is 192 g/mol. The number of methoxy groups -OCH3 is 1. The molecule has 0 heterocycles. The Hall–Kier alpha value is -1.97. The van der Waals surface area contributed by atoms with Crippen LogP contribution in [0.25, 0.3) is 0 Å². The normalized spacial score (nSPS) is 9.40. The first-order valence-corrected chi connectivity index (χ1v) is 4.52. The van der Waals surface area contributed by atoms with Crippen molar-refractivity contribution in [3.05, 3.63) is 36.4 Å². The Balaban J connectivity index is 2.93. The summed E-state index contributed by atoms with van der Waals surface area (Å²) in [6.45, 7) is 3.92. The molecule has 0 atom stereocenters. The first kappa shape index (κ1) is 11.1. The van der Waals surface area contributed by atoms with Gasteiger partial charge < -0.3 is 15.8 Å². The maximum Gasteiger partial charge on any atom is 0.253 e. The highest BCUT2D eigenvalue weighted by Crippen LogP contribution is 2.24. The number of amides is 1. The Bertz CT molecular complexity index is 375. The number of nitrogens with one attached hydrogen (secondary N) is 1. The minimum absolute atomic E-state index is 0.230. The summed E-state index contributed by atoms with van der Waals surface area (Å²) in [6, 6.07) is 5.08. The number of ether oxygens (including phenoxy) is 1. The summed E-state index contributed by atoms with van der Waals surface area (Å²) in [4.78, 5) is 11.6. The van der Waals surface area contributed by atoms with Gasteiger partial charge in [0.15, 0.2) is 0 Å². The lowest BCUT2D eigenvalue weighted by atomic mass is 10.1. The van der Waals surface area contributed by atoms with E-state index in [4.69, 9.17) is 10.5 Å². The molecule has 0 bridgehead atoms. The summed E-state index contributed by atoms with van der Waals surface area (Å²) in [7, 11) is 1.51. The van der Waals surface area contributed by atoms with Crippen molar-refractivity contribution in [2.45, 2.75) is 0 Å². The quantitative estimate of drug-likeness (QED) is 0.574. The number of rotatable bonds is 4. The summed E-state index contributed by atoms with van der Waals surface area (Å²) in [5.41, 5.74) is 6.52. The molecule has 0 spiro atoms. The highest BCUT2D eigenvalue weighted by atomic mass is 16.5. The first-order valence-electron chi connectivity index (χ1n) is 4.52. The zero-order chi connectivity index (χ0) is 11.3. The number of hydrogen-bond acceptors (Lipinski definition) is 3. The van der Waals surface area contributed by atoms with Gasteiger partial charge in [0.05, 0.1) is 18.4 Å². The second kappa shape index (κ2) is 5.05. The molecule has 1 aromatic carbocycles. The van der Waals surface area contributed by atoms with Gasteiger partial charge >= 0.3 is 0 Å². The smallest absolute Gasteiger partial charge is 0.253 e. The van der Waals surface area contributed by atoms with Crippen LogP contribution in [0.15, 0.2) is 30.9 Å². The van der Waals surface area contributed by atoms with Crippen molar-refractivity contribution in [3.63, 3.8) is 0 Å². The van der Waals surface area contributed by atoms with Crippen LogP contribution in [0.3, 0.4) is 0 Å². The van der Waals surface area contributed by atoms with E-state index in [1.54, 1.807) is 24.3 Å². The highest BCUT2D eigenvalue weighted by molar-refractivity contribution is 6.00. The van der Waals surface area contributed by atoms with Gasteiger partial charge in [-0.15, -0.1) is 6.58 Å². The van der Waals surface area contributed by atoms with E-state index < -0.39 is 0 Å². The van der Waals surface area contributed by atoms with E-state index in [9.17, 15) is 4.79 Å². The Morgan fingerprint density at radius 2 is 2.40 bits per heavy atom. The Morgan fingerprint density at radius 1 is 1.67 bits per heavy atom. The molecule has 0 saturated heterocycles. The van der Waals surface area contributed by atoms with Crippen LogP contribution in [0.5, 0.6) is 5.75 Å². The molecule has 0 unspecified atom stereocenters. The van der Waals surface area contributed by atoms with E-state index in [-0.39, 0.29) is 5.91 Å². The molecule has 0 saturated carbocycles. The van der Waals surface area contributed by atoms with Crippen molar-refractivity contribution in [3.8, 4) is 5.75 Å². The van der Waals surface area contributed by atoms with Gasteiger partial charge in [-0.2, -0.15) is 0 Å². The van der Waals surface area contributed by atoms with Crippen molar-refractivity contribution < 1.29 is 9.53 Å². The molecule has 1 rings (SSSR count). The second-order valence-electron chi connectivity index (χ2n) is 2.92. The number of carbonyl (C=O) groups excluding carboxylic acids is 1. The van der Waals surface area contributed by atoms with Crippen molar-refractivity contribution in [1.29, 1.82) is 0 Å². The van der Waals surface area contributed by atoms with Crippen molar-refractivity contribution in [2.24, 2.45) is 0 Å². The van der Waals surface area contributed by atoms with Crippen molar-refractivity contribution >= 4 is 11.6 Å². The second-order valence-corrected chi connectivity index (χ2v) is 2.92. The molecule has 1 aromatic rings. The van der Waals surface area contributed by atoms with Gasteiger partial charge in [-0.3, -0.25) is 4.79 Å². The number of para-hydroxylation sites is 1. The summed E-state index contributed by atoms with van der Waals surface area (Å²) < 4.78 is 5.02. The van der Waals surface area contributed by atoms with E-state index in [2.05, 4.69) is 11.9 Å². The summed E-state index contributed by atoms with van der Waals surface area (Å²) in [5.74, 6) is 0.271. The predicted octanol–water partition coefficient (Wildman–Crippen LogP) is 1.19. The summed E-state index contributed by atoms with van der Waals surface area (Å²) in [5, 5.41) is 2.65. The van der Waals surface area contributed by atoms with Crippen molar-refractivity contribution in [2.75, 3.05) is 19.4 Å². The summed E-state index contributed by atoms with van der Waals surface area (Å²) in [6.07, 6.45) is 1.61. The molecular formula is C11H14N2O2. The van der Waals surface area contributed by atoms with Crippen molar-refractivity contribution in [1.82, 2.24) is 5.32 Å². The predicted molar refractivity (Wildman–Crippen MR) is 59.9 cm³/mol. The van der Waals surface area contributed by atoms with Crippen LogP contribution >= 0.6 is 0 Å². The number of benzene rings is 1. The topological polar surface area (TPSA) is 64.3 Å². The molecule has 0 aliphatic heterocycles. The van der Waals surface area contributed by atoms with Gasteiger partial charge in [0, 0.05) is 6.54 Å². The lowest BCUT2D eigenvalue weighted by Crippen LogP contribution is -2.24. The lowest BCUT2D eigenvalue weighted by Gasteiger charge is -2.09. The molecule has 3 N–H and O–H groups in total. The zero-order valence-electron chi connectivity index (χ0n) is 8.62. The standard InChI is InChI=1S/C11H14N2O2/c1-3-7-13-11(14)8-5-4-6-9(15-2)10(8)12/h3-6H,1,7,12H2,2H3,(H,13,14). The van der Waals surface area contributed by atoms with Crippen LogP contribution in [0.1, 0.15) is 10.4 Å². The van der Waals surface area contributed by atoms with Crippen LogP contribution in [0, 0.1) is 0 Å². The number of nitrogens with two attached hydrogens (primary N) is 1. The zero-order valence-corrected chi connectivity index (χ0v) is 8.62. The third-order valence-electron chi connectivity index (χ3n) is 1.94. The fraction of sp³-hybridized carbons (Fsp3) is 0.182. The molecule has 0 aromatic heterocycles. The number of nitrogen functional groups attached to an aromatic ring is 1. The molecule has 0 fully saturated rings. The molecule has 1 amide bonds. The molecule has 15 heavy (non-hydrogen) atoms. The average Bonchev–Trinajstić information content (AvgIpc) is 2.26. The molecule has 0 radical (unpaired) electrons. The number of hydrogen-bond donors (Lipinski definition) is 2. The third kappa shape index (κ3) is 2.49. The van der Waals surface area contributed by atoms with Gasteiger partial charge in [0.25, 0.3) is 5.91 Å². The Kier molecular flexibility index (Phi) is 3.74. The van der Waals surface area contributed by atoms with Crippen LogP contribution in [-0.4, -0.2) is 19.6 Å². The van der Waals surface area contributed by atoms with Crippen LogP contribution < -0.4 is 15.8 Å². The van der Waals surface area contributed by atoms with Gasteiger partial charge in [0.2, 0.25) is 0 Å². The molecule has 4 heteroatoms. The third-order valence-corrected chi connectivity index (χ3v) is 1.94. The van der Waals surface area contributed by atoms with Gasteiger partial charge in [-0.05, 0) is 12.1 Å². The van der Waals surface area contributed by atoms with E-state index in [1.165, 1.54) is 7.11 Å². The van der Waals surface area contributed by atoms with Gasteiger partial charge in [-0.1, -0.05) is 12.1 Å². The molecule has 0 aliphatic rings. The van der Waals surface area contributed by atoms with Crippen LogP contribution in [0.2, 0.25) is 0 Å². The fourth-order valence-corrected chi connectivity index (χ4v) is 1.18. The van der Waals surface area contributed by atoms with Crippen LogP contribution in [-0.2, 0) is 0 Å². The maximum atomic E-state index is 11.6. The Morgan fingerprint density at radius 3 is 3.00 bits per heavy atom. The first-order chi connectivity index (χ1) is 7.20.